The van der Waals surface area contributed by atoms with Gasteiger partial charge in [-0.3, -0.25) is 4.79 Å². The fourth-order valence-electron chi connectivity index (χ4n) is 2.50. The van der Waals surface area contributed by atoms with E-state index < -0.39 is 0 Å². The molecule has 0 atom stereocenters. The van der Waals surface area contributed by atoms with Crippen molar-refractivity contribution in [1.82, 2.24) is 10.6 Å². The van der Waals surface area contributed by atoms with Crippen LogP contribution in [0, 0.1) is 0 Å². The van der Waals surface area contributed by atoms with Crippen LogP contribution in [0.3, 0.4) is 0 Å². The molecule has 0 unspecified atom stereocenters. The van der Waals surface area contributed by atoms with E-state index in [-0.39, 0.29) is 24.7 Å². The summed E-state index contributed by atoms with van der Waals surface area (Å²) >= 11 is 0. The number of carbonyl (C=O) groups excluding carboxylic acids is 1. The van der Waals surface area contributed by atoms with E-state index in [0.29, 0.717) is 13.1 Å². The van der Waals surface area contributed by atoms with Gasteiger partial charge in [-0.25, -0.2) is 0 Å². The molecule has 2 N–H and O–H groups in total. The van der Waals surface area contributed by atoms with E-state index in [1.165, 1.54) is 0 Å². The zero-order valence-electron chi connectivity index (χ0n) is 16.6. The van der Waals surface area contributed by atoms with Crippen LogP contribution in [0.15, 0.2) is 48.5 Å². The predicted molar refractivity (Wildman–Crippen MR) is 108 cm³/mol. The fraction of sp³-hybridized carbons (Fsp3) is 0.409. The summed E-state index contributed by atoms with van der Waals surface area (Å²) in [7, 11) is 0. The third-order valence-electron chi connectivity index (χ3n) is 3.69. The molecule has 0 fully saturated rings. The van der Waals surface area contributed by atoms with Crippen LogP contribution in [0.2, 0.25) is 0 Å². The molecule has 0 aromatic heterocycles. The van der Waals surface area contributed by atoms with E-state index in [0.717, 1.165) is 22.6 Å². The summed E-state index contributed by atoms with van der Waals surface area (Å²) in [6.07, 6.45) is 0.317. The Kier molecular flexibility index (Phi) is 8.14. The van der Waals surface area contributed by atoms with E-state index in [9.17, 15) is 4.79 Å². The van der Waals surface area contributed by atoms with Gasteiger partial charge in [-0.2, -0.15) is 0 Å². The van der Waals surface area contributed by atoms with E-state index in [2.05, 4.69) is 10.6 Å². The Morgan fingerprint density at radius 1 is 0.778 bits per heavy atom. The van der Waals surface area contributed by atoms with Gasteiger partial charge in [0.2, 0.25) is 5.91 Å². The van der Waals surface area contributed by atoms with Gasteiger partial charge in [0, 0.05) is 13.1 Å². The van der Waals surface area contributed by atoms with Crippen molar-refractivity contribution in [1.29, 1.82) is 0 Å². The van der Waals surface area contributed by atoms with Crippen molar-refractivity contribution >= 4 is 5.91 Å². The Bertz CT molecular complexity index is 695. The lowest BCUT2D eigenvalue weighted by Crippen LogP contribution is -2.33. The lowest BCUT2D eigenvalue weighted by Gasteiger charge is -2.11. The number of nitrogens with one attached hydrogen (secondary N) is 2. The van der Waals surface area contributed by atoms with Crippen molar-refractivity contribution in [3.8, 4) is 11.5 Å². The Morgan fingerprint density at radius 2 is 1.22 bits per heavy atom. The van der Waals surface area contributed by atoms with Gasteiger partial charge in [0.25, 0.3) is 0 Å². The summed E-state index contributed by atoms with van der Waals surface area (Å²) < 4.78 is 11.2. The van der Waals surface area contributed by atoms with Crippen molar-refractivity contribution in [2.24, 2.45) is 0 Å². The van der Waals surface area contributed by atoms with Crippen LogP contribution in [0.1, 0.15) is 38.8 Å². The van der Waals surface area contributed by atoms with Crippen LogP contribution >= 0.6 is 0 Å². The van der Waals surface area contributed by atoms with Gasteiger partial charge in [0.05, 0.1) is 18.8 Å². The molecule has 0 aliphatic rings. The average Bonchev–Trinajstić information content (AvgIpc) is 2.62. The summed E-state index contributed by atoms with van der Waals surface area (Å²) in [4.78, 5) is 12.0. The predicted octanol–water partition coefficient (Wildman–Crippen LogP) is 3.67. The Labute approximate surface area is 162 Å². The average molecular weight is 370 g/mol. The highest BCUT2D eigenvalue weighted by Gasteiger charge is 2.03. The van der Waals surface area contributed by atoms with Crippen molar-refractivity contribution in [3.05, 3.63) is 59.7 Å². The first-order valence-electron chi connectivity index (χ1n) is 9.41. The molecule has 0 aliphatic heterocycles. The van der Waals surface area contributed by atoms with Crippen molar-refractivity contribution < 1.29 is 14.3 Å². The lowest BCUT2D eigenvalue weighted by molar-refractivity contribution is -0.120. The summed E-state index contributed by atoms with van der Waals surface area (Å²) in [5.74, 6) is 1.67. The largest absolute Gasteiger partial charge is 0.491 e. The van der Waals surface area contributed by atoms with Crippen LogP contribution in [-0.4, -0.2) is 24.7 Å². The van der Waals surface area contributed by atoms with Crippen LogP contribution in [0.25, 0.3) is 0 Å². The number of ether oxygens (including phenoxy) is 2. The maximum Gasteiger partial charge on any atom is 0.234 e. The van der Waals surface area contributed by atoms with E-state index in [4.69, 9.17) is 9.47 Å². The highest BCUT2D eigenvalue weighted by molar-refractivity contribution is 5.77. The third-order valence-corrected chi connectivity index (χ3v) is 3.69. The summed E-state index contributed by atoms with van der Waals surface area (Å²) in [5, 5.41) is 6.07. The molecular formula is C22H30N2O3. The van der Waals surface area contributed by atoms with Crippen LogP contribution in [-0.2, 0) is 17.9 Å². The van der Waals surface area contributed by atoms with Crippen molar-refractivity contribution in [2.45, 2.75) is 53.0 Å². The molecule has 2 aromatic rings. The molecule has 1 amide bonds. The molecule has 2 aromatic carbocycles. The molecule has 0 radical (unpaired) electrons. The van der Waals surface area contributed by atoms with Gasteiger partial charge >= 0.3 is 0 Å². The lowest BCUT2D eigenvalue weighted by atomic mass is 10.2. The maximum absolute atomic E-state index is 12.0. The standard InChI is InChI=1S/C22H30N2O3/c1-16(2)26-20-9-5-18(6-10-20)13-23-15-22(25)24-14-19-7-11-21(12-8-19)27-17(3)4/h5-12,16-17,23H,13-15H2,1-4H3,(H,24,25). The first-order valence-corrected chi connectivity index (χ1v) is 9.41. The van der Waals surface area contributed by atoms with Crippen molar-refractivity contribution in [2.75, 3.05) is 6.54 Å². The molecule has 27 heavy (non-hydrogen) atoms. The van der Waals surface area contributed by atoms with Gasteiger partial charge in [0.1, 0.15) is 11.5 Å². The fourth-order valence-corrected chi connectivity index (χ4v) is 2.50. The highest BCUT2D eigenvalue weighted by Crippen LogP contribution is 2.14. The molecular weight excluding hydrogens is 340 g/mol. The smallest absolute Gasteiger partial charge is 0.234 e. The number of benzene rings is 2. The molecule has 2 rings (SSSR count). The zero-order valence-corrected chi connectivity index (χ0v) is 16.6. The normalized spacial score (nSPS) is 10.9. The molecule has 5 heteroatoms. The van der Waals surface area contributed by atoms with Crippen molar-refractivity contribution in [3.63, 3.8) is 0 Å². The highest BCUT2D eigenvalue weighted by atomic mass is 16.5. The Hall–Kier alpha value is -2.53. The molecule has 0 bridgehead atoms. The number of hydrogen-bond acceptors (Lipinski definition) is 4. The molecule has 0 saturated carbocycles. The van der Waals surface area contributed by atoms with E-state index in [1.54, 1.807) is 0 Å². The second kappa shape index (κ2) is 10.6. The quantitative estimate of drug-likeness (QED) is 0.670. The molecule has 0 saturated heterocycles. The van der Waals surface area contributed by atoms with Gasteiger partial charge < -0.3 is 20.1 Å². The van der Waals surface area contributed by atoms with Crippen LogP contribution in [0.5, 0.6) is 11.5 Å². The van der Waals surface area contributed by atoms with Gasteiger partial charge in [-0.15, -0.1) is 0 Å². The number of amides is 1. The van der Waals surface area contributed by atoms with Crippen LogP contribution < -0.4 is 20.1 Å². The molecule has 0 aliphatic carbocycles. The monoisotopic (exact) mass is 370 g/mol. The molecule has 0 spiro atoms. The third kappa shape index (κ3) is 8.13. The summed E-state index contributed by atoms with van der Waals surface area (Å²) in [6.45, 7) is 9.41. The molecule has 146 valence electrons. The second-order valence-corrected chi connectivity index (χ2v) is 7.00. The minimum absolute atomic E-state index is 0.0303. The number of carbonyl (C=O) groups is 1. The maximum atomic E-state index is 12.0. The molecule has 0 heterocycles. The van der Waals surface area contributed by atoms with Gasteiger partial charge in [-0.05, 0) is 63.1 Å². The first kappa shape index (κ1) is 20.8. The Morgan fingerprint density at radius 3 is 1.67 bits per heavy atom. The van der Waals surface area contributed by atoms with Gasteiger partial charge in [-0.1, -0.05) is 24.3 Å². The summed E-state index contributed by atoms with van der Waals surface area (Å²) in [5.41, 5.74) is 2.15. The molecule has 5 nitrogen and oxygen atoms in total. The number of hydrogen-bond donors (Lipinski definition) is 2. The topological polar surface area (TPSA) is 59.6 Å². The first-order chi connectivity index (χ1) is 12.9. The minimum Gasteiger partial charge on any atom is -0.491 e. The zero-order chi connectivity index (χ0) is 19.6. The van der Waals surface area contributed by atoms with E-state index in [1.807, 2.05) is 76.2 Å². The summed E-state index contributed by atoms with van der Waals surface area (Å²) in [6, 6.07) is 15.7. The van der Waals surface area contributed by atoms with Gasteiger partial charge in [0.15, 0.2) is 0 Å². The second-order valence-electron chi connectivity index (χ2n) is 7.00. The minimum atomic E-state index is -0.0303. The SMILES string of the molecule is CC(C)Oc1ccc(CNCC(=O)NCc2ccc(OC(C)C)cc2)cc1. The van der Waals surface area contributed by atoms with Crippen LogP contribution in [0.4, 0.5) is 0 Å². The van der Waals surface area contributed by atoms with E-state index >= 15 is 0 Å². The number of rotatable bonds is 10. The Balaban J connectivity index is 1.67.